The summed E-state index contributed by atoms with van der Waals surface area (Å²) >= 11 is 0. The Labute approximate surface area is 200 Å². The van der Waals surface area contributed by atoms with Gasteiger partial charge in [0.15, 0.2) is 6.10 Å². The van der Waals surface area contributed by atoms with Crippen molar-refractivity contribution in [3.8, 4) is 0 Å². The zero-order valence-corrected chi connectivity index (χ0v) is 20.6. The van der Waals surface area contributed by atoms with E-state index in [-0.39, 0.29) is 10.5 Å². The molecule has 0 spiro atoms. The second-order valence-corrected chi connectivity index (χ2v) is 9.88. The topological polar surface area (TPSA) is 102 Å². The van der Waals surface area contributed by atoms with Gasteiger partial charge in [0.2, 0.25) is 0 Å². The van der Waals surface area contributed by atoms with E-state index in [0.717, 1.165) is 16.7 Å². The lowest BCUT2D eigenvalue weighted by Crippen LogP contribution is -2.30. The van der Waals surface area contributed by atoms with E-state index in [4.69, 9.17) is 4.74 Å². The Kier molecular flexibility index (Phi) is 7.41. The fourth-order valence-electron chi connectivity index (χ4n) is 3.39. The molecule has 0 aliphatic heterocycles. The maximum Gasteiger partial charge on any atom is 0.339 e. The van der Waals surface area contributed by atoms with E-state index in [1.54, 1.807) is 32.0 Å². The quantitative estimate of drug-likeness (QED) is 0.468. The summed E-state index contributed by atoms with van der Waals surface area (Å²) in [5.74, 6) is -1.26. The highest BCUT2D eigenvalue weighted by atomic mass is 32.2. The highest BCUT2D eigenvalue weighted by molar-refractivity contribution is 7.92. The van der Waals surface area contributed by atoms with Crippen LogP contribution in [0.1, 0.15) is 39.5 Å². The number of benzene rings is 3. The summed E-state index contributed by atoms with van der Waals surface area (Å²) in [6.07, 6.45) is -1.09. The minimum absolute atomic E-state index is 0.0689. The molecule has 178 valence electrons. The van der Waals surface area contributed by atoms with Crippen molar-refractivity contribution in [1.29, 1.82) is 0 Å². The molecule has 0 saturated carbocycles. The van der Waals surface area contributed by atoms with Crippen LogP contribution in [-0.4, -0.2) is 26.4 Å². The van der Waals surface area contributed by atoms with E-state index in [1.807, 2.05) is 38.1 Å². The number of amides is 1. The molecule has 0 aromatic heterocycles. The van der Waals surface area contributed by atoms with Gasteiger partial charge >= 0.3 is 5.97 Å². The Hall–Kier alpha value is -3.65. The number of anilines is 2. The molecule has 2 N–H and O–H groups in total. The Bertz CT molecular complexity index is 1330. The lowest BCUT2D eigenvalue weighted by molar-refractivity contribution is -0.123. The average molecular weight is 481 g/mol. The number of rotatable bonds is 7. The van der Waals surface area contributed by atoms with Crippen molar-refractivity contribution in [2.24, 2.45) is 0 Å². The molecule has 34 heavy (non-hydrogen) atoms. The van der Waals surface area contributed by atoms with Gasteiger partial charge in [-0.15, -0.1) is 0 Å². The van der Waals surface area contributed by atoms with Crippen LogP contribution in [-0.2, 0) is 19.6 Å². The van der Waals surface area contributed by atoms with Crippen LogP contribution < -0.4 is 10.0 Å². The average Bonchev–Trinajstić information content (AvgIpc) is 2.77. The summed E-state index contributed by atoms with van der Waals surface area (Å²) in [6.45, 7) is 8.68. The van der Waals surface area contributed by atoms with E-state index in [1.165, 1.54) is 25.1 Å². The number of sulfonamides is 1. The number of esters is 1. The monoisotopic (exact) mass is 480 g/mol. The first kappa shape index (κ1) is 25.0. The van der Waals surface area contributed by atoms with Gasteiger partial charge in [-0.1, -0.05) is 42.5 Å². The minimum Gasteiger partial charge on any atom is -0.449 e. The second kappa shape index (κ2) is 10.1. The van der Waals surface area contributed by atoms with Crippen LogP contribution in [0.2, 0.25) is 0 Å². The lowest BCUT2D eigenvalue weighted by atomic mass is 10.1. The predicted molar refractivity (Wildman–Crippen MR) is 133 cm³/mol. The first-order chi connectivity index (χ1) is 16.0. The summed E-state index contributed by atoms with van der Waals surface area (Å²) in [7, 11) is -3.94. The van der Waals surface area contributed by atoms with Crippen molar-refractivity contribution in [3.63, 3.8) is 0 Å². The molecule has 0 radical (unpaired) electrons. The number of carbonyl (C=O) groups is 2. The standard InChI is InChI=1S/C26H28N2O5S/c1-16-13-14-21(34(31,32)28-23-12-7-6-9-17(23)2)15-22(16)26(30)33-20(5)25(29)27-24-18(3)10-8-11-19(24)4/h6-15,20,28H,1-5H3,(H,27,29). The molecular formula is C26H28N2O5S. The van der Waals surface area contributed by atoms with E-state index in [2.05, 4.69) is 10.0 Å². The van der Waals surface area contributed by atoms with Crippen molar-refractivity contribution in [3.05, 3.63) is 88.5 Å². The van der Waals surface area contributed by atoms with Gasteiger partial charge < -0.3 is 10.1 Å². The molecule has 1 unspecified atom stereocenters. The number of ether oxygens (including phenoxy) is 1. The van der Waals surface area contributed by atoms with Crippen LogP contribution in [0, 0.1) is 27.7 Å². The number of hydrogen-bond donors (Lipinski definition) is 2. The van der Waals surface area contributed by atoms with E-state index in [0.29, 0.717) is 16.9 Å². The van der Waals surface area contributed by atoms with E-state index >= 15 is 0 Å². The van der Waals surface area contributed by atoms with Crippen LogP contribution in [0.25, 0.3) is 0 Å². The number of para-hydroxylation sites is 2. The van der Waals surface area contributed by atoms with Gasteiger partial charge in [0.1, 0.15) is 0 Å². The first-order valence-corrected chi connectivity index (χ1v) is 12.2. The van der Waals surface area contributed by atoms with Crippen molar-refractivity contribution < 1.29 is 22.7 Å². The Morgan fingerprint density at radius 1 is 0.824 bits per heavy atom. The molecule has 0 fully saturated rings. The number of aryl methyl sites for hydroxylation is 4. The van der Waals surface area contributed by atoms with Crippen LogP contribution in [0.15, 0.2) is 65.6 Å². The SMILES string of the molecule is Cc1ccccc1NS(=O)(=O)c1ccc(C)c(C(=O)OC(C)C(=O)Nc2c(C)cccc2C)c1. The maximum atomic E-state index is 12.9. The zero-order chi connectivity index (χ0) is 25.0. The normalized spacial score (nSPS) is 12.0. The van der Waals surface area contributed by atoms with Crippen molar-refractivity contribution in [1.82, 2.24) is 0 Å². The van der Waals surface area contributed by atoms with Crippen LogP contribution in [0.4, 0.5) is 11.4 Å². The minimum atomic E-state index is -3.94. The molecule has 3 aromatic rings. The van der Waals surface area contributed by atoms with Gasteiger partial charge in [0, 0.05) is 5.69 Å². The molecule has 3 aromatic carbocycles. The molecular weight excluding hydrogens is 452 g/mol. The Balaban J connectivity index is 1.78. The molecule has 1 atom stereocenters. The Morgan fingerprint density at radius 2 is 1.44 bits per heavy atom. The zero-order valence-electron chi connectivity index (χ0n) is 19.8. The number of nitrogens with one attached hydrogen (secondary N) is 2. The molecule has 0 aliphatic rings. The summed E-state index contributed by atoms with van der Waals surface area (Å²) in [6, 6.07) is 16.8. The van der Waals surface area contributed by atoms with Gasteiger partial charge in [0.05, 0.1) is 16.1 Å². The van der Waals surface area contributed by atoms with Crippen molar-refractivity contribution in [2.45, 2.75) is 45.6 Å². The van der Waals surface area contributed by atoms with Crippen molar-refractivity contribution >= 4 is 33.3 Å². The fourth-order valence-corrected chi connectivity index (χ4v) is 4.55. The fraction of sp³-hybridized carbons (Fsp3) is 0.231. The van der Waals surface area contributed by atoms with Crippen LogP contribution in [0.5, 0.6) is 0 Å². The summed E-state index contributed by atoms with van der Waals surface area (Å²) in [4.78, 5) is 25.4. The van der Waals surface area contributed by atoms with Gasteiger partial charge in [-0.05, 0) is 75.1 Å². The number of carbonyl (C=O) groups excluding carboxylic acids is 2. The molecule has 3 rings (SSSR count). The smallest absolute Gasteiger partial charge is 0.339 e. The molecule has 1 amide bonds. The van der Waals surface area contributed by atoms with E-state index < -0.39 is 28.0 Å². The van der Waals surface area contributed by atoms with Gasteiger partial charge in [-0.25, -0.2) is 13.2 Å². The van der Waals surface area contributed by atoms with Crippen molar-refractivity contribution in [2.75, 3.05) is 10.0 Å². The Morgan fingerprint density at radius 3 is 2.09 bits per heavy atom. The maximum absolute atomic E-state index is 12.9. The van der Waals surface area contributed by atoms with Gasteiger partial charge in [0.25, 0.3) is 15.9 Å². The third kappa shape index (κ3) is 5.63. The number of hydrogen-bond acceptors (Lipinski definition) is 5. The predicted octanol–water partition coefficient (Wildman–Crippen LogP) is 4.91. The summed E-state index contributed by atoms with van der Waals surface area (Å²) in [5.41, 5.74) is 4.26. The largest absolute Gasteiger partial charge is 0.449 e. The highest BCUT2D eigenvalue weighted by Crippen LogP contribution is 2.23. The lowest BCUT2D eigenvalue weighted by Gasteiger charge is -2.17. The first-order valence-electron chi connectivity index (χ1n) is 10.8. The molecule has 0 aliphatic carbocycles. The summed E-state index contributed by atoms with van der Waals surface area (Å²) < 4.78 is 33.7. The molecule has 0 bridgehead atoms. The van der Waals surface area contributed by atoms with Crippen LogP contribution in [0.3, 0.4) is 0 Å². The molecule has 8 heteroatoms. The van der Waals surface area contributed by atoms with E-state index in [9.17, 15) is 18.0 Å². The molecule has 0 heterocycles. The van der Waals surface area contributed by atoms with Gasteiger partial charge in [-0.3, -0.25) is 9.52 Å². The molecule has 7 nitrogen and oxygen atoms in total. The van der Waals surface area contributed by atoms with Crippen LogP contribution >= 0.6 is 0 Å². The highest BCUT2D eigenvalue weighted by Gasteiger charge is 2.23. The van der Waals surface area contributed by atoms with Gasteiger partial charge in [-0.2, -0.15) is 0 Å². The molecule has 0 saturated heterocycles. The third-order valence-corrected chi connectivity index (χ3v) is 6.87. The second-order valence-electron chi connectivity index (χ2n) is 8.20. The summed E-state index contributed by atoms with van der Waals surface area (Å²) in [5, 5.41) is 2.80. The third-order valence-electron chi connectivity index (χ3n) is 5.51.